The van der Waals surface area contributed by atoms with E-state index in [1.54, 1.807) is 12.1 Å². The molecule has 0 radical (unpaired) electrons. The van der Waals surface area contributed by atoms with Crippen LogP contribution in [0, 0.1) is 0 Å². The first kappa shape index (κ1) is 17.7. The fourth-order valence-electron chi connectivity index (χ4n) is 3.34. The lowest BCUT2D eigenvalue weighted by Crippen LogP contribution is -2.41. The predicted molar refractivity (Wildman–Crippen MR) is 103 cm³/mol. The highest BCUT2D eigenvalue weighted by Gasteiger charge is 2.23. The molecule has 4 rings (SSSR count). The number of morpholine rings is 1. The number of hydrogen-bond acceptors (Lipinski definition) is 8. The van der Waals surface area contributed by atoms with Crippen molar-refractivity contribution in [2.24, 2.45) is 0 Å². The average Bonchev–Trinajstić information content (AvgIpc) is 2.68. The Kier molecular flexibility index (Phi) is 4.93. The number of ether oxygens (including phenoxy) is 1. The summed E-state index contributed by atoms with van der Waals surface area (Å²) >= 11 is 0. The van der Waals surface area contributed by atoms with E-state index in [0.717, 1.165) is 18.8 Å². The number of aromatic nitrogens is 4. The van der Waals surface area contributed by atoms with E-state index in [1.165, 1.54) is 0 Å². The Morgan fingerprint density at radius 1 is 1.00 bits per heavy atom. The second kappa shape index (κ2) is 7.51. The number of rotatable bonds is 4. The molecular weight excluding hydrogens is 346 g/mol. The zero-order valence-electron chi connectivity index (χ0n) is 15.8. The van der Waals surface area contributed by atoms with Crippen molar-refractivity contribution in [3.8, 4) is 0 Å². The number of pyridine rings is 1. The molecule has 0 unspecified atom stereocenters. The van der Waals surface area contributed by atoms with E-state index in [1.807, 2.05) is 10.6 Å². The van der Waals surface area contributed by atoms with Crippen molar-refractivity contribution in [1.29, 1.82) is 0 Å². The van der Waals surface area contributed by atoms with Gasteiger partial charge in [0.05, 0.1) is 19.8 Å². The molecule has 0 atom stereocenters. The number of hydrogen-bond donors (Lipinski definition) is 1. The van der Waals surface area contributed by atoms with Crippen molar-refractivity contribution in [2.75, 3.05) is 48.0 Å². The van der Waals surface area contributed by atoms with Gasteiger partial charge < -0.3 is 24.4 Å². The second-order valence-corrected chi connectivity index (χ2v) is 7.09. The highest BCUT2D eigenvalue weighted by atomic mass is 16.5. The van der Waals surface area contributed by atoms with Crippen LogP contribution in [0.2, 0.25) is 0 Å². The molecule has 9 nitrogen and oxygen atoms in total. The molecule has 0 saturated carbocycles. The molecule has 27 heavy (non-hydrogen) atoms. The molecule has 0 aromatic carbocycles. The zero-order chi connectivity index (χ0) is 18.8. The van der Waals surface area contributed by atoms with Crippen LogP contribution in [0.25, 0.3) is 0 Å². The minimum Gasteiger partial charge on any atom is -0.378 e. The van der Waals surface area contributed by atoms with Crippen LogP contribution in [-0.4, -0.2) is 58.4 Å². The lowest BCUT2D eigenvalue weighted by Gasteiger charge is -2.31. The van der Waals surface area contributed by atoms with E-state index in [4.69, 9.17) is 9.72 Å². The van der Waals surface area contributed by atoms with Crippen LogP contribution in [0.3, 0.4) is 0 Å². The number of anilines is 3. The van der Waals surface area contributed by atoms with Crippen LogP contribution < -0.4 is 20.7 Å². The molecule has 2 aromatic heterocycles. The maximum Gasteiger partial charge on any atom is 0.250 e. The molecule has 4 heterocycles. The summed E-state index contributed by atoms with van der Waals surface area (Å²) in [6.07, 6.45) is 0. The molecule has 1 N–H and O–H groups in total. The van der Waals surface area contributed by atoms with Crippen LogP contribution in [-0.2, 0) is 17.8 Å². The minimum absolute atomic E-state index is 0.0407. The van der Waals surface area contributed by atoms with Gasteiger partial charge in [0.2, 0.25) is 17.8 Å². The fraction of sp³-hybridized carbons (Fsp3) is 0.556. The normalized spacial score (nSPS) is 17.1. The van der Waals surface area contributed by atoms with Gasteiger partial charge in [-0.15, -0.1) is 0 Å². The minimum atomic E-state index is 0.0407. The van der Waals surface area contributed by atoms with Gasteiger partial charge in [0.25, 0.3) is 5.56 Å². The summed E-state index contributed by atoms with van der Waals surface area (Å²) in [5.74, 6) is 1.88. The molecular formula is C18H25N7O2. The molecule has 2 aromatic rings. The zero-order valence-corrected chi connectivity index (χ0v) is 15.8. The van der Waals surface area contributed by atoms with Gasteiger partial charge in [0.1, 0.15) is 0 Å². The third-order valence-electron chi connectivity index (χ3n) is 4.69. The fourth-order valence-corrected chi connectivity index (χ4v) is 3.34. The number of nitrogens with one attached hydrogen (secondary N) is 1. The molecule has 0 bridgehead atoms. The monoisotopic (exact) mass is 371 g/mol. The molecule has 2 aliphatic heterocycles. The van der Waals surface area contributed by atoms with Crippen molar-refractivity contribution < 1.29 is 4.74 Å². The number of fused-ring (bicyclic) bond motifs is 1. The summed E-state index contributed by atoms with van der Waals surface area (Å²) in [4.78, 5) is 30.2. The summed E-state index contributed by atoms with van der Waals surface area (Å²) in [5, 5.41) is 3.29. The topological polar surface area (TPSA) is 88.4 Å². The van der Waals surface area contributed by atoms with E-state index >= 15 is 0 Å². The maximum atomic E-state index is 12.0. The van der Waals surface area contributed by atoms with Gasteiger partial charge in [-0.05, 0) is 19.9 Å². The number of nitrogens with zero attached hydrogens (tertiary/aromatic N) is 6. The van der Waals surface area contributed by atoms with Gasteiger partial charge in [-0.2, -0.15) is 15.0 Å². The van der Waals surface area contributed by atoms with E-state index < -0.39 is 0 Å². The quantitative estimate of drug-likeness (QED) is 0.841. The van der Waals surface area contributed by atoms with Crippen LogP contribution in [0.15, 0.2) is 23.0 Å². The second-order valence-electron chi connectivity index (χ2n) is 7.09. The molecule has 144 valence electrons. The lowest BCUT2D eigenvalue weighted by atomic mass is 10.2. The molecule has 9 heteroatoms. The smallest absolute Gasteiger partial charge is 0.250 e. The standard InChI is InChI=1S/C18H25N7O2/c1-13(2)19-16-20-17(23-8-10-27-11-9-23)22-18(21-16)24-6-7-25-14(12-24)4-3-5-15(25)26/h3-5,13H,6-12H2,1-2H3,(H,19,20,21,22). The largest absolute Gasteiger partial charge is 0.378 e. The summed E-state index contributed by atoms with van der Waals surface area (Å²) in [5.41, 5.74) is 1.01. The SMILES string of the molecule is CC(C)Nc1nc(N2CCOCC2)nc(N2CCn3c(cccc3=O)C2)n1. The van der Waals surface area contributed by atoms with Crippen LogP contribution >= 0.6 is 0 Å². The Morgan fingerprint density at radius 2 is 1.74 bits per heavy atom. The van der Waals surface area contributed by atoms with Gasteiger partial charge in [0, 0.05) is 44.0 Å². The summed E-state index contributed by atoms with van der Waals surface area (Å²) in [6.45, 7) is 8.91. The van der Waals surface area contributed by atoms with Crippen molar-refractivity contribution in [3.05, 3.63) is 34.2 Å². The van der Waals surface area contributed by atoms with E-state index in [0.29, 0.717) is 50.7 Å². The van der Waals surface area contributed by atoms with Gasteiger partial charge in [0.15, 0.2) is 0 Å². The van der Waals surface area contributed by atoms with Crippen molar-refractivity contribution >= 4 is 17.8 Å². The van der Waals surface area contributed by atoms with Crippen molar-refractivity contribution in [2.45, 2.75) is 33.0 Å². The van der Waals surface area contributed by atoms with Gasteiger partial charge in [-0.3, -0.25) is 4.79 Å². The first-order chi connectivity index (χ1) is 13.1. The maximum absolute atomic E-state index is 12.0. The van der Waals surface area contributed by atoms with E-state index in [2.05, 4.69) is 38.9 Å². The van der Waals surface area contributed by atoms with Crippen LogP contribution in [0.5, 0.6) is 0 Å². The molecule has 0 spiro atoms. The van der Waals surface area contributed by atoms with Gasteiger partial charge >= 0.3 is 0 Å². The Balaban J connectivity index is 1.65. The van der Waals surface area contributed by atoms with E-state index in [9.17, 15) is 4.79 Å². The predicted octanol–water partition coefficient (Wildman–Crippen LogP) is 0.710. The molecule has 0 aliphatic carbocycles. The highest BCUT2D eigenvalue weighted by molar-refractivity contribution is 5.46. The summed E-state index contributed by atoms with van der Waals surface area (Å²) in [6, 6.07) is 5.60. The third-order valence-corrected chi connectivity index (χ3v) is 4.69. The Bertz CT molecular complexity index is 861. The lowest BCUT2D eigenvalue weighted by molar-refractivity contribution is 0.122. The first-order valence-corrected chi connectivity index (χ1v) is 9.39. The van der Waals surface area contributed by atoms with Crippen LogP contribution in [0.4, 0.5) is 17.8 Å². The molecule has 1 saturated heterocycles. The molecule has 0 amide bonds. The molecule has 2 aliphatic rings. The Morgan fingerprint density at radius 3 is 2.48 bits per heavy atom. The third kappa shape index (κ3) is 3.87. The average molecular weight is 371 g/mol. The van der Waals surface area contributed by atoms with Gasteiger partial charge in [-0.1, -0.05) is 6.07 Å². The van der Waals surface area contributed by atoms with Crippen LogP contribution in [0.1, 0.15) is 19.5 Å². The Hall–Kier alpha value is -2.68. The first-order valence-electron chi connectivity index (χ1n) is 9.39. The van der Waals surface area contributed by atoms with E-state index in [-0.39, 0.29) is 11.6 Å². The summed E-state index contributed by atoms with van der Waals surface area (Å²) in [7, 11) is 0. The molecule has 1 fully saturated rings. The Labute approximate surface area is 158 Å². The van der Waals surface area contributed by atoms with Gasteiger partial charge in [-0.25, -0.2) is 0 Å². The summed E-state index contributed by atoms with van der Waals surface area (Å²) < 4.78 is 7.25. The highest BCUT2D eigenvalue weighted by Crippen LogP contribution is 2.21. The van der Waals surface area contributed by atoms with Crippen molar-refractivity contribution in [1.82, 2.24) is 19.5 Å². The van der Waals surface area contributed by atoms with Crippen molar-refractivity contribution in [3.63, 3.8) is 0 Å².